The van der Waals surface area contributed by atoms with Crippen molar-refractivity contribution in [1.82, 2.24) is 5.32 Å². The van der Waals surface area contributed by atoms with Crippen LogP contribution in [0.5, 0.6) is 5.75 Å². The Hall–Kier alpha value is -1.03. The van der Waals surface area contributed by atoms with Crippen LogP contribution in [0.1, 0.15) is 18.9 Å². The van der Waals surface area contributed by atoms with Crippen molar-refractivity contribution >= 4 is 21.8 Å². The number of benzene rings is 1. The van der Waals surface area contributed by atoms with Crippen molar-refractivity contribution in [2.45, 2.75) is 19.8 Å². The molecule has 0 aliphatic heterocycles. The molecule has 1 aromatic carbocycles. The van der Waals surface area contributed by atoms with Gasteiger partial charge in [-0.3, -0.25) is 4.79 Å². The van der Waals surface area contributed by atoms with Crippen molar-refractivity contribution in [3.05, 3.63) is 28.2 Å². The molecule has 0 saturated heterocycles. The fourth-order valence-electron chi connectivity index (χ4n) is 1.39. The van der Waals surface area contributed by atoms with Gasteiger partial charge in [-0.25, -0.2) is 0 Å². The highest BCUT2D eigenvalue weighted by Gasteiger charge is 2.08. The van der Waals surface area contributed by atoms with Gasteiger partial charge in [0.2, 0.25) is 5.91 Å². The fourth-order valence-corrected chi connectivity index (χ4v) is 1.79. The van der Waals surface area contributed by atoms with E-state index in [1.807, 2.05) is 25.1 Å². The molecule has 0 aliphatic rings. The third-order valence-electron chi connectivity index (χ3n) is 2.17. The largest absolute Gasteiger partial charge is 0.496 e. The lowest BCUT2D eigenvalue weighted by atomic mass is 10.1. The first kappa shape index (κ1) is 13.0. The van der Waals surface area contributed by atoms with Gasteiger partial charge in [0.15, 0.2) is 0 Å². The van der Waals surface area contributed by atoms with E-state index in [1.165, 1.54) is 0 Å². The normalized spacial score (nSPS) is 9.94. The average molecular weight is 286 g/mol. The summed E-state index contributed by atoms with van der Waals surface area (Å²) >= 11 is 3.38. The number of methoxy groups -OCH3 is 1. The Morgan fingerprint density at radius 1 is 1.50 bits per heavy atom. The SMILES string of the molecule is CCCNC(=O)Cc1cc(Br)ccc1OC. The number of carbonyl (C=O) groups excluding carboxylic acids is 1. The van der Waals surface area contributed by atoms with Crippen molar-refractivity contribution in [3.63, 3.8) is 0 Å². The van der Waals surface area contributed by atoms with Gasteiger partial charge in [0, 0.05) is 16.6 Å². The molecule has 1 rings (SSSR count). The number of halogens is 1. The van der Waals surface area contributed by atoms with Crippen LogP contribution in [-0.2, 0) is 11.2 Å². The van der Waals surface area contributed by atoms with Gasteiger partial charge in [0.1, 0.15) is 5.75 Å². The topological polar surface area (TPSA) is 38.3 Å². The minimum absolute atomic E-state index is 0.0262. The lowest BCUT2D eigenvalue weighted by molar-refractivity contribution is -0.120. The number of rotatable bonds is 5. The van der Waals surface area contributed by atoms with E-state index in [0.29, 0.717) is 6.42 Å². The van der Waals surface area contributed by atoms with E-state index in [0.717, 1.165) is 28.8 Å². The number of carbonyl (C=O) groups is 1. The van der Waals surface area contributed by atoms with Crippen LogP contribution in [0.2, 0.25) is 0 Å². The predicted octanol–water partition coefficient (Wildman–Crippen LogP) is 2.53. The number of hydrogen-bond donors (Lipinski definition) is 1. The molecule has 0 bridgehead atoms. The molecule has 3 nitrogen and oxygen atoms in total. The Bertz CT molecular complexity index is 366. The third-order valence-corrected chi connectivity index (χ3v) is 2.66. The Labute approximate surface area is 104 Å². The molecule has 16 heavy (non-hydrogen) atoms. The Kier molecular flexibility index (Phi) is 5.32. The first-order valence-corrected chi connectivity index (χ1v) is 6.05. The van der Waals surface area contributed by atoms with Crippen molar-refractivity contribution in [3.8, 4) is 5.75 Å². The molecule has 1 N–H and O–H groups in total. The van der Waals surface area contributed by atoms with Gasteiger partial charge in [-0.2, -0.15) is 0 Å². The van der Waals surface area contributed by atoms with E-state index >= 15 is 0 Å². The van der Waals surface area contributed by atoms with E-state index < -0.39 is 0 Å². The first-order valence-electron chi connectivity index (χ1n) is 5.26. The van der Waals surface area contributed by atoms with Crippen LogP contribution in [0.4, 0.5) is 0 Å². The molecule has 0 aromatic heterocycles. The number of nitrogens with one attached hydrogen (secondary N) is 1. The number of ether oxygens (including phenoxy) is 1. The Morgan fingerprint density at radius 2 is 2.25 bits per heavy atom. The Morgan fingerprint density at radius 3 is 2.88 bits per heavy atom. The van der Waals surface area contributed by atoms with Gasteiger partial charge in [0.05, 0.1) is 13.5 Å². The summed E-state index contributed by atoms with van der Waals surface area (Å²) in [5, 5.41) is 2.84. The summed E-state index contributed by atoms with van der Waals surface area (Å²) in [5.74, 6) is 0.771. The molecule has 0 unspecified atom stereocenters. The van der Waals surface area contributed by atoms with Crippen molar-refractivity contribution in [1.29, 1.82) is 0 Å². The van der Waals surface area contributed by atoms with E-state index in [4.69, 9.17) is 4.74 Å². The quantitative estimate of drug-likeness (QED) is 0.903. The van der Waals surface area contributed by atoms with Gasteiger partial charge in [-0.15, -0.1) is 0 Å². The van der Waals surface area contributed by atoms with Crippen LogP contribution in [0.3, 0.4) is 0 Å². The van der Waals surface area contributed by atoms with E-state index in [1.54, 1.807) is 7.11 Å². The summed E-state index contributed by atoms with van der Waals surface area (Å²) in [6.07, 6.45) is 1.30. The maximum Gasteiger partial charge on any atom is 0.224 e. The fraction of sp³-hybridized carbons (Fsp3) is 0.417. The molecule has 88 valence electrons. The van der Waals surface area contributed by atoms with Gasteiger partial charge in [-0.05, 0) is 24.6 Å². The standard InChI is InChI=1S/C12H16BrNO2/c1-3-6-14-12(15)8-9-7-10(13)4-5-11(9)16-2/h4-5,7H,3,6,8H2,1-2H3,(H,14,15). The molecule has 0 atom stereocenters. The summed E-state index contributed by atoms with van der Waals surface area (Å²) < 4.78 is 6.16. The maximum absolute atomic E-state index is 11.6. The molecule has 1 amide bonds. The molecular weight excluding hydrogens is 270 g/mol. The monoisotopic (exact) mass is 285 g/mol. The lowest BCUT2D eigenvalue weighted by Gasteiger charge is -2.09. The highest BCUT2D eigenvalue weighted by atomic mass is 79.9. The van der Waals surface area contributed by atoms with Crippen LogP contribution >= 0.6 is 15.9 Å². The predicted molar refractivity (Wildman–Crippen MR) is 67.7 cm³/mol. The van der Waals surface area contributed by atoms with Crippen LogP contribution in [0, 0.1) is 0 Å². The summed E-state index contributed by atoms with van der Waals surface area (Å²) in [6.45, 7) is 2.75. The summed E-state index contributed by atoms with van der Waals surface area (Å²) in [6, 6.07) is 5.66. The minimum Gasteiger partial charge on any atom is -0.496 e. The zero-order valence-corrected chi connectivity index (χ0v) is 11.1. The van der Waals surface area contributed by atoms with Crippen LogP contribution in [0.25, 0.3) is 0 Å². The minimum atomic E-state index is 0.0262. The van der Waals surface area contributed by atoms with Gasteiger partial charge in [-0.1, -0.05) is 22.9 Å². The maximum atomic E-state index is 11.6. The molecule has 4 heteroatoms. The van der Waals surface area contributed by atoms with Crippen molar-refractivity contribution in [2.75, 3.05) is 13.7 Å². The lowest BCUT2D eigenvalue weighted by Crippen LogP contribution is -2.25. The molecule has 0 radical (unpaired) electrons. The molecule has 0 fully saturated rings. The highest BCUT2D eigenvalue weighted by Crippen LogP contribution is 2.23. The van der Waals surface area contributed by atoms with Crippen molar-refractivity contribution < 1.29 is 9.53 Å². The summed E-state index contributed by atoms with van der Waals surface area (Å²) in [7, 11) is 1.61. The second-order valence-electron chi connectivity index (χ2n) is 3.48. The molecule has 0 aliphatic carbocycles. The van der Waals surface area contributed by atoms with Crippen LogP contribution < -0.4 is 10.1 Å². The third kappa shape index (κ3) is 3.85. The second-order valence-corrected chi connectivity index (χ2v) is 4.40. The highest BCUT2D eigenvalue weighted by molar-refractivity contribution is 9.10. The smallest absolute Gasteiger partial charge is 0.224 e. The van der Waals surface area contributed by atoms with Gasteiger partial charge < -0.3 is 10.1 Å². The van der Waals surface area contributed by atoms with Gasteiger partial charge >= 0.3 is 0 Å². The zero-order valence-electron chi connectivity index (χ0n) is 9.55. The van der Waals surface area contributed by atoms with E-state index in [9.17, 15) is 4.79 Å². The summed E-state index contributed by atoms with van der Waals surface area (Å²) in [5.41, 5.74) is 0.894. The van der Waals surface area contributed by atoms with Crippen LogP contribution in [-0.4, -0.2) is 19.6 Å². The zero-order chi connectivity index (χ0) is 12.0. The van der Waals surface area contributed by atoms with Gasteiger partial charge in [0.25, 0.3) is 0 Å². The van der Waals surface area contributed by atoms with E-state index in [-0.39, 0.29) is 5.91 Å². The Balaban J connectivity index is 2.71. The molecule has 1 aromatic rings. The first-order chi connectivity index (χ1) is 7.67. The summed E-state index contributed by atoms with van der Waals surface area (Å²) in [4.78, 5) is 11.6. The average Bonchev–Trinajstić information content (AvgIpc) is 2.27. The molecule has 0 spiro atoms. The molecule has 0 heterocycles. The molecular formula is C12H16BrNO2. The number of hydrogen-bond acceptors (Lipinski definition) is 2. The van der Waals surface area contributed by atoms with Crippen LogP contribution in [0.15, 0.2) is 22.7 Å². The second kappa shape index (κ2) is 6.53. The number of amides is 1. The molecule has 0 saturated carbocycles. The van der Waals surface area contributed by atoms with Crippen molar-refractivity contribution in [2.24, 2.45) is 0 Å². The van der Waals surface area contributed by atoms with E-state index in [2.05, 4.69) is 21.2 Å².